The minimum Gasteiger partial charge on any atom is -0.494 e. The number of aliphatic carboxylic acids is 1. The fourth-order valence-electron chi connectivity index (χ4n) is 2.67. The number of carbonyl (C=O) groups excluding carboxylic acids is 1. The van der Waals surface area contributed by atoms with Crippen molar-refractivity contribution in [2.75, 3.05) is 6.61 Å². The molecule has 0 fully saturated rings. The van der Waals surface area contributed by atoms with Crippen molar-refractivity contribution < 1.29 is 24.2 Å². The fourth-order valence-corrected chi connectivity index (χ4v) is 3.03. The molecule has 6 nitrogen and oxygen atoms in total. The van der Waals surface area contributed by atoms with Gasteiger partial charge in [-0.1, -0.05) is 24.3 Å². The van der Waals surface area contributed by atoms with Crippen molar-refractivity contribution in [2.24, 2.45) is 0 Å². The van der Waals surface area contributed by atoms with E-state index in [1.807, 2.05) is 31.2 Å². The summed E-state index contributed by atoms with van der Waals surface area (Å²) in [7, 11) is 0. The number of rotatable bonds is 8. The normalized spacial score (nSPS) is 11.0. The van der Waals surface area contributed by atoms with Crippen molar-refractivity contribution in [3.8, 4) is 17.2 Å². The van der Waals surface area contributed by atoms with E-state index in [0.717, 1.165) is 4.47 Å². The van der Waals surface area contributed by atoms with Crippen molar-refractivity contribution in [1.29, 1.82) is 0 Å². The topological polar surface area (TPSA) is 84.9 Å². The molecule has 3 rings (SSSR count). The number of hydrogen-bond donors (Lipinski definition) is 2. The van der Waals surface area contributed by atoms with E-state index in [1.165, 1.54) is 6.08 Å². The Hall–Kier alpha value is -3.58. The first-order valence-corrected chi connectivity index (χ1v) is 10.3. The van der Waals surface area contributed by atoms with Gasteiger partial charge in [0.1, 0.15) is 22.9 Å². The number of carboxylic acid groups (broad SMARTS) is 1. The van der Waals surface area contributed by atoms with Crippen LogP contribution in [0.15, 0.2) is 83.0 Å². The van der Waals surface area contributed by atoms with Crippen LogP contribution in [0, 0.1) is 0 Å². The number of nitrogens with one attached hydrogen (secondary N) is 1. The number of benzene rings is 3. The number of ether oxygens (including phenoxy) is 2. The van der Waals surface area contributed by atoms with Gasteiger partial charge in [-0.05, 0) is 83.0 Å². The summed E-state index contributed by atoms with van der Waals surface area (Å²) in [6.45, 7) is 2.38. The maximum atomic E-state index is 12.4. The van der Waals surface area contributed by atoms with Crippen LogP contribution in [0.25, 0.3) is 6.08 Å². The van der Waals surface area contributed by atoms with Gasteiger partial charge >= 0.3 is 5.97 Å². The van der Waals surface area contributed by atoms with Crippen molar-refractivity contribution in [3.05, 3.63) is 94.1 Å². The van der Waals surface area contributed by atoms with Crippen LogP contribution in [0.2, 0.25) is 0 Å². The fraction of sp³-hybridized carbons (Fsp3) is 0.0833. The number of para-hydroxylation sites is 1. The second kappa shape index (κ2) is 10.4. The van der Waals surface area contributed by atoms with E-state index in [9.17, 15) is 14.7 Å². The van der Waals surface area contributed by atoms with E-state index in [2.05, 4.69) is 21.2 Å². The lowest BCUT2D eigenvalue weighted by molar-refractivity contribution is -0.132. The molecule has 158 valence electrons. The minimum atomic E-state index is -1.24. The molecule has 0 saturated heterocycles. The average molecular weight is 482 g/mol. The molecule has 31 heavy (non-hydrogen) atoms. The summed E-state index contributed by atoms with van der Waals surface area (Å²) < 4.78 is 12.0. The van der Waals surface area contributed by atoms with Crippen LogP contribution in [-0.2, 0) is 4.79 Å². The number of halogens is 1. The number of carbonyl (C=O) groups is 2. The summed E-state index contributed by atoms with van der Waals surface area (Å²) in [6, 6.07) is 20.8. The van der Waals surface area contributed by atoms with Gasteiger partial charge in [0.05, 0.1) is 11.1 Å². The molecule has 0 radical (unpaired) electrons. The van der Waals surface area contributed by atoms with E-state index >= 15 is 0 Å². The van der Waals surface area contributed by atoms with Gasteiger partial charge in [-0.2, -0.15) is 0 Å². The molecule has 0 aromatic heterocycles. The highest BCUT2D eigenvalue weighted by atomic mass is 79.9. The Morgan fingerprint density at radius 3 is 2.23 bits per heavy atom. The van der Waals surface area contributed by atoms with E-state index in [4.69, 9.17) is 9.47 Å². The Balaban J connectivity index is 1.72. The molecule has 7 heteroatoms. The first-order valence-electron chi connectivity index (χ1n) is 9.48. The molecule has 0 atom stereocenters. The lowest BCUT2D eigenvalue weighted by Gasteiger charge is -2.09. The van der Waals surface area contributed by atoms with E-state index in [0.29, 0.717) is 35.0 Å². The van der Waals surface area contributed by atoms with Gasteiger partial charge in [0.25, 0.3) is 5.91 Å². The summed E-state index contributed by atoms with van der Waals surface area (Å²) in [6.07, 6.45) is 1.39. The van der Waals surface area contributed by atoms with Crippen molar-refractivity contribution in [1.82, 2.24) is 5.32 Å². The molecule has 0 bridgehead atoms. The third kappa shape index (κ3) is 6.20. The maximum Gasteiger partial charge on any atom is 0.352 e. The SMILES string of the molecule is CCOc1ccc(C(=O)N/C(=C\c2ccc(Oc3ccccc3Br)cc2)C(=O)O)cc1. The predicted octanol–water partition coefficient (Wildman–Crippen LogP) is 5.50. The average Bonchev–Trinajstić information content (AvgIpc) is 2.76. The van der Waals surface area contributed by atoms with Gasteiger partial charge in [0, 0.05) is 5.56 Å². The third-order valence-corrected chi connectivity index (χ3v) is 4.82. The first-order chi connectivity index (χ1) is 15.0. The third-order valence-electron chi connectivity index (χ3n) is 4.16. The van der Waals surface area contributed by atoms with Gasteiger partial charge < -0.3 is 19.9 Å². The largest absolute Gasteiger partial charge is 0.494 e. The molecule has 2 N–H and O–H groups in total. The monoisotopic (exact) mass is 481 g/mol. The molecule has 0 aliphatic heterocycles. The number of amides is 1. The minimum absolute atomic E-state index is 0.238. The van der Waals surface area contributed by atoms with E-state index < -0.39 is 11.9 Å². The van der Waals surface area contributed by atoms with Crippen molar-refractivity contribution in [3.63, 3.8) is 0 Å². The number of hydrogen-bond acceptors (Lipinski definition) is 4. The van der Waals surface area contributed by atoms with Gasteiger partial charge in [-0.15, -0.1) is 0 Å². The highest BCUT2D eigenvalue weighted by molar-refractivity contribution is 9.10. The summed E-state index contributed by atoms with van der Waals surface area (Å²) >= 11 is 3.42. The number of carboxylic acids is 1. The zero-order chi connectivity index (χ0) is 22.2. The Labute approximate surface area is 188 Å². The molecule has 0 aliphatic rings. The second-order valence-corrected chi connectivity index (χ2v) is 7.23. The first kappa shape index (κ1) is 22.1. The Morgan fingerprint density at radius 1 is 0.968 bits per heavy atom. The Bertz CT molecular complexity index is 1090. The zero-order valence-corrected chi connectivity index (χ0v) is 18.3. The van der Waals surface area contributed by atoms with Crippen molar-refractivity contribution >= 4 is 33.9 Å². The quantitative estimate of drug-likeness (QED) is 0.415. The smallest absolute Gasteiger partial charge is 0.352 e. The zero-order valence-electron chi connectivity index (χ0n) is 16.7. The molecule has 3 aromatic rings. The predicted molar refractivity (Wildman–Crippen MR) is 121 cm³/mol. The maximum absolute atomic E-state index is 12.4. The lowest BCUT2D eigenvalue weighted by atomic mass is 10.1. The molecular weight excluding hydrogens is 462 g/mol. The lowest BCUT2D eigenvalue weighted by Crippen LogP contribution is -2.27. The highest BCUT2D eigenvalue weighted by Crippen LogP contribution is 2.29. The van der Waals surface area contributed by atoms with Crippen LogP contribution < -0.4 is 14.8 Å². The Kier molecular flexibility index (Phi) is 7.45. The van der Waals surface area contributed by atoms with Crippen LogP contribution in [0.1, 0.15) is 22.8 Å². The van der Waals surface area contributed by atoms with Crippen LogP contribution in [0.4, 0.5) is 0 Å². The van der Waals surface area contributed by atoms with E-state index in [1.54, 1.807) is 48.5 Å². The van der Waals surface area contributed by atoms with E-state index in [-0.39, 0.29) is 5.70 Å². The molecule has 0 spiro atoms. The van der Waals surface area contributed by atoms with Crippen LogP contribution >= 0.6 is 15.9 Å². The molecule has 0 saturated carbocycles. The van der Waals surface area contributed by atoms with Gasteiger partial charge in [0.15, 0.2) is 0 Å². The molecular formula is C24H20BrNO5. The van der Waals surface area contributed by atoms with Crippen molar-refractivity contribution in [2.45, 2.75) is 6.92 Å². The highest BCUT2D eigenvalue weighted by Gasteiger charge is 2.14. The van der Waals surface area contributed by atoms with Crippen LogP contribution in [0.3, 0.4) is 0 Å². The Morgan fingerprint density at radius 2 is 1.61 bits per heavy atom. The second-order valence-electron chi connectivity index (χ2n) is 6.38. The standard InChI is InChI=1S/C24H20BrNO5/c1-2-30-18-13-9-17(10-14-18)23(27)26-21(24(28)29)15-16-7-11-19(12-8-16)31-22-6-4-3-5-20(22)25/h3-15H,2H2,1H3,(H,26,27)(H,28,29)/b21-15-. The molecule has 0 aliphatic carbocycles. The molecule has 0 heterocycles. The van der Waals surface area contributed by atoms with Gasteiger partial charge in [-0.25, -0.2) is 4.79 Å². The van der Waals surface area contributed by atoms with Crippen LogP contribution in [0.5, 0.6) is 17.2 Å². The summed E-state index contributed by atoms with van der Waals surface area (Å²) in [4.78, 5) is 24.1. The molecule has 3 aromatic carbocycles. The summed E-state index contributed by atoms with van der Waals surface area (Å²) in [5, 5.41) is 11.9. The molecule has 1 amide bonds. The van der Waals surface area contributed by atoms with Crippen LogP contribution in [-0.4, -0.2) is 23.6 Å². The van der Waals surface area contributed by atoms with Gasteiger partial charge in [-0.3, -0.25) is 4.79 Å². The summed E-state index contributed by atoms with van der Waals surface area (Å²) in [5.41, 5.74) is 0.690. The molecule has 0 unspecified atom stereocenters. The van der Waals surface area contributed by atoms with Gasteiger partial charge in [0.2, 0.25) is 0 Å². The summed E-state index contributed by atoms with van der Waals surface area (Å²) in [5.74, 6) is 0.135.